The third-order valence-electron chi connectivity index (χ3n) is 22.8. The Hall–Kier alpha value is -13.4. The number of nitrogens with zero attached hydrogens (tertiary/aromatic N) is 3. The minimum Gasteiger partial charge on any atom is -0.311 e. The maximum atomic E-state index is 2.68. The van der Waals surface area contributed by atoms with Crippen molar-refractivity contribution in [2.24, 2.45) is 0 Å². The number of rotatable bonds is 15. The van der Waals surface area contributed by atoms with Crippen LogP contribution in [0.5, 0.6) is 0 Å². The van der Waals surface area contributed by atoms with Crippen molar-refractivity contribution in [1.29, 1.82) is 0 Å². The second-order valence-electron chi connectivity index (χ2n) is 28.6. The highest BCUT2D eigenvalue weighted by molar-refractivity contribution is 7.20. The fraction of sp³-hybridized carbons (Fsp3) is 0. The molecule has 0 atom stereocenters. The van der Waals surface area contributed by atoms with Crippen LogP contribution in [0.25, 0.3) is 72.0 Å². The quantitative estimate of drug-likeness (QED) is 0.0749. The molecule has 0 N–H and O–H groups in total. The van der Waals surface area contributed by atoms with Gasteiger partial charge in [0.05, 0.1) is 16.7 Å². The highest BCUT2D eigenvalue weighted by Gasteiger charge is 2.48. The lowest BCUT2D eigenvalue weighted by atomic mass is 9.33. The van der Waals surface area contributed by atoms with Gasteiger partial charge in [-0.05, 0) is 163 Å². The van der Waals surface area contributed by atoms with E-state index in [2.05, 4.69) is 451 Å². The number of hydrogen-bond acceptors (Lipinski definition) is 2. The lowest BCUT2D eigenvalue weighted by Gasteiger charge is -2.45. The molecule has 0 fully saturated rings. The van der Waals surface area contributed by atoms with Gasteiger partial charge in [0.2, 0.25) is 0 Å². The van der Waals surface area contributed by atoms with Crippen molar-refractivity contribution in [3.05, 3.63) is 437 Å². The Morgan fingerprint density at radius 2 is 0.463 bits per heavy atom. The molecule has 0 saturated carbocycles. The van der Waals surface area contributed by atoms with Gasteiger partial charge in [-0.3, -0.25) is 0 Å². The number of para-hydroxylation sites is 2. The Morgan fingerprint density at radius 1 is 0.185 bits per heavy atom. The summed E-state index contributed by atoms with van der Waals surface area (Å²) in [7, 11) is -6.47. The lowest BCUT2D eigenvalue weighted by molar-refractivity contribution is 1.16. The molecule has 0 bridgehead atoms. The lowest BCUT2D eigenvalue weighted by Crippen LogP contribution is -2.74. The van der Waals surface area contributed by atoms with Crippen molar-refractivity contribution in [3.63, 3.8) is 0 Å². The van der Waals surface area contributed by atoms with Gasteiger partial charge in [-0.2, -0.15) is 0 Å². The molecular weight excluding hydrogens is 1330 g/mol. The summed E-state index contributed by atoms with van der Waals surface area (Å²) in [6, 6.07) is 166. The standard InChI is InChI=1S/C102H72BN3Si2/c1-11-35-73(36-12-1)77-59-61-98-94(67-77)103-95-68-78(74-37-13-2-14-38-74)60-62-99(95)106(82-64-80(76-41-17-4-18-42-76)66-91(70-82)108(87-49-25-8-26-50-87,88-51-27-9-28-52-88)89-53-29-10-30-54-89)101-72-83(104-96-57-33-31-55-92(96)93-56-32-34-58-97(93)104)71-100(102(101)103)105(98)81-63-79(75-39-15-3-16-40-75)65-90(69-81)107(84-43-19-5-20-44-84,85-45-21-6-22-46-85)86-47-23-7-24-48-86/h1-72H. The average molecular weight is 1410 g/mol. The topological polar surface area (TPSA) is 11.4 Å². The van der Waals surface area contributed by atoms with Crippen LogP contribution in [0.3, 0.4) is 0 Å². The molecule has 3 nitrogen and oxygen atoms in total. The summed E-state index contributed by atoms with van der Waals surface area (Å²) >= 11 is 0. The predicted molar refractivity (Wildman–Crippen MR) is 464 cm³/mol. The predicted octanol–water partition coefficient (Wildman–Crippen LogP) is 18.3. The molecule has 0 saturated heterocycles. The van der Waals surface area contributed by atoms with Crippen LogP contribution in [0.2, 0.25) is 0 Å². The number of anilines is 6. The smallest absolute Gasteiger partial charge is 0.252 e. The third kappa shape index (κ3) is 10.6. The SMILES string of the molecule is c1ccc(-c2cc(N3c4ccc(-c5ccccc5)cc4B4c5cc(-c6ccccc6)ccc5N(c5cc(-c6ccccc6)cc([Si](c6ccccc6)(c6ccccc6)c6ccccc6)c5)c5cc(-n6c7ccccc7c7ccccc76)cc3c54)cc([Si](c3ccccc3)(c3ccccc3)c3ccccc3)c2)cc1. The minimum atomic E-state index is -3.24. The van der Waals surface area contributed by atoms with Gasteiger partial charge in [0.1, 0.15) is 0 Å². The van der Waals surface area contributed by atoms with E-state index in [1.165, 1.54) is 79.8 Å². The largest absolute Gasteiger partial charge is 0.311 e. The van der Waals surface area contributed by atoms with Crippen LogP contribution in [-0.2, 0) is 0 Å². The van der Waals surface area contributed by atoms with Gasteiger partial charge >= 0.3 is 0 Å². The molecule has 3 heterocycles. The van der Waals surface area contributed by atoms with E-state index in [9.17, 15) is 0 Å². The molecule has 0 spiro atoms. The molecular formula is C102H72BN3Si2. The van der Waals surface area contributed by atoms with Crippen molar-refractivity contribution in [1.82, 2.24) is 4.57 Å². The Kier molecular flexibility index (Phi) is 16.0. The summed E-state index contributed by atoms with van der Waals surface area (Å²) in [6.45, 7) is -0.265. The molecule has 0 unspecified atom stereocenters. The fourth-order valence-corrected chi connectivity index (χ4v) is 27.8. The molecule has 20 rings (SSSR count). The first-order chi connectivity index (χ1) is 53.6. The van der Waals surface area contributed by atoms with Gasteiger partial charge < -0.3 is 14.4 Å². The summed E-state index contributed by atoms with van der Waals surface area (Å²) in [5, 5.41) is 12.9. The second-order valence-corrected chi connectivity index (χ2v) is 36.2. The molecule has 1 aromatic heterocycles. The first kappa shape index (κ1) is 64.3. The van der Waals surface area contributed by atoms with Crippen LogP contribution in [0.15, 0.2) is 437 Å². The van der Waals surface area contributed by atoms with E-state index in [1.807, 2.05) is 0 Å². The molecule has 506 valence electrons. The fourth-order valence-electron chi connectivity index (χ4n) is 18.1. The summed E-state index contributed by atoms with van der Waals surface area (Å²) in [4.78, 5) is 5.36. The monoisotopic (exact) mass is 1410 g/mol. The van der Waals surface area contributed by atoms with Crippen molar-refractivity contribution in [2.75, 3.05) is 9.80 Å². The first-order valence-corrected chi connectivity index (χ1v) is 41.5. The molecule has 0 amide bonds. The van der Waals surface area contributed by atoms with Crippen LogP contribution >= 0.6 is 0 Å². The van der Waals surface area contributed by atoms with Crippen molar-refractivity contribution < 1.29 is 0 Å². The highest BCUT2D eigenvalue weighted by Crippen LogP contribution is 2.48. The van der Waals surface area contributed by atoms with Gasteiger partial charge in [0.15, 0.2) is 16.1 Å². The zero-order chi connectivity index (χ0) is 71.5. The number of fused-ring (bicyclic) bond motifs is 7. The Labute approximate surface area is 633 Å². The van der Waals surface area contributed by atoms with Crippen LogP contribution in [-0.4, -0.2) is 27.4 Å². The van der Waals surface area contributed by atoms with Crippen molar-refractivity contribution >= 4 is 137 Å². The maximum absolute atomic E-state index is 3.24. The van der Waals surface area contributed by atoms with Crippen molar-refractivity contribution in [2.45, 2.75) is 0 Å². The van der Waals surface area contributed by atoms with Gasteiger partial charge in [-0.25, -0.2) is 0 Å². The molecule has 17 aromatic carbocycles. The first-order valence-electron chi connectivity index (χ1n) is 37.5. The van der Waals surface area contributed by atoms with Crippen LogP contribution in [0, 0.1) is 0 Å². The molecule has 2 aliphatic rings. The maximum Gasteiger partial charge on any atom is 0.252 e. The second kappa shape index (κ2) is 27.0. The molecule has 2 aliphatic heterocycles. The average Bonchev–Trinajstić information content (AvgIpc) is 0.790. The Bertz CT molecular complexity index is 5770. The van der Waals surface area contributed by atoms with Crippen LogP contribution < -0.4 is 67.7 Å². The van der Waals surface area contributed by atoms with Crippen LogP contribution in [0.4, 0.5) is 34.1 Å². The van der Waals surface area contributed by atoms with E-state index < -0.39 is 16.1 Å². The molecule has 0 aliphatic carbocycles. The zero-order valence-corrected chi connectivity index (χ0v) is 61.5. The summed E-state index contributed by atoms with van der Waals surface area (Å²) in [5.74, 6) is 0. The minimum absolute atomic E-state index is 0.265. The highest BCUT2D eigenvalue weighted by atomic mass is 28.3. The summed E-state index contributed by atoms with van der Waals surface area (Å²) in [6.07, 6.45) is 0. The Morgan fingerprint density at radius 3 is 0.778 bits per heavy atom. The van der Waals surface area contributed by atoms with E-state index >= 15 is 0 Å². The van der Waals surface area contributed by atoms with E-state index in [4.69, 9.17) is 0 Å². The summed E-state index contributed by atoms with van der Waals surface area (Å²) in [5.41, 5.74) is 22.9. The van der Waals surface area contributed by atoms with E-state index in [0.717, 1.165) is 84.2 Å². The van der Waals surface area contributed by atoms with Gasteiger partial charge in [0, 0.05) is 44.9 Å². The normalized spacial score (nSPS) is 12.4. The van der Waals surface area contributed by atoms with Crippen molar-refractivity contribution in [3.8, 4) is 50.2 Å². The summed E-state index contributed by atoms with van der Waals surface area (Å²) < 4.78 is 2.54. The van der Waals surface area contributed by atoms with E-state index in [1.54, 1.807) is 0 Å². The molecule has 18 aromatic rings. The van der Waals surface area contributed by atoms with E-state index in [0.29, 0.717) is 0 Å². The molecule has 6 heteroatoms. The Balaban J connectivity index is 0.964. The number of aromatic nitrogens is 1. The van der Waals surface area contributed by atoms with Gasteiger partial charge in [-0.15, -0.1) is 0 Å². The third-order valence-corrected chi connectivity index (χ3v) is 32.3. The van der Waals surface area contributed by atoms with E-state index in [-0.39, 0.29) is 6.71 Å². The molecule has 108 heavy (non-hydrogen) atoms. The van der Waals surface area contributed by atoms with Crippen LogP contribution in [0.1, 0.15) is 0 Å². The number of benzene rings is 17. The zero-order valence-electron chi connectivity index (χ0n) is 59.5. The number of hydrogen-bond donors (Lipinski definition) is 0. The molecule has 0 radical (unpaired) electrons. The van der Waals surface area contributed by atoms with Gasteiger partial charge in [-0.1, -0.05) is 376 Å². The van der Waals surface area contributed by atoms with Gasteiger partial charge in [0.25, 0.3) is 6.71 Å².